The molecule has 1 amide bonds. The highest BCUT2D eigenvalue weighted by Crippen LogP contribution is 2.31. The number of amides is 1. The van der Waals surface area contributed by atoms with Crippen LogP contribution >= 0.6 is 11.3 Å². The topological polar surface area (TPSA) is 89.5 Å². The van der Waals surface area contributed by atoms with Gasteiger partial charge in [0, 0.05) is 30.1 Å². The Labute approximate surface area is 137 Å². The van der Waals surface area contributed by atoms with Crippen LogP contribution in [0.2, 0.25) is 0 Å². The third-order valence-corrected chi connectivity index (χ3v) is 4.79. The number of nitro groups is 1. The molecule has 2 heterocycles. The SMILES string of the molecule is NC(=O)c1cc([N+](=O)[O-])ccc1N1CC=C(c2cccs2)CC1. The summed E-state index contributed by atoms with van der Waals surface area (Å²) in [6, 6.07) is 8.36. The lowest BCUT2D eigenvalue weighted by Gasteiger charge is -2.29. The minimum Gasteiger partial charge on any atom is -0.367 e. The molecule has 0 atom stereocenters. The van der Waals surface area contributed by atoms with Gasteiger partial charge in [0.2, 0.25) is 0 Å². The zero-order valence-electron chi connectivity index (χ0n) is 12.3. The second kappa shape index (κ2) is 6.21. The molecule has 0 spiro atoms. The smallest absolute Gasteiger partial charge is 0.270 e. The van der Waals surface area contributed by atoms with Crippen molar-refractivity contribution in [1.29, 1.82) is 0 Å². The maximum Gasteiger partial charge on any atom is 0.270 e. The molecule has 1 aliphatic rings. The summed E-state index contributed by atoms with van der Waals surface area (Å²) in [4.78, 5) is 25.3. The van der Waals surface area contributed by atoms with Gasteiger partial charge in [-0.2, -0.15) is 0 Å². The van der Waals surface area contributed by atoms with Crippen molar-refractivity contribution in [2.45, 2.75) is 6.42 Å². The lowest BCUT2D eigenvalue weighted by Crippen LogP contribution is -2.30. The molecule has 1 aromatic heterocycles. The monoisotopic (exact) mass is 329 g/mol. The van der Waals surface area contributed by atoms with E-state index in [0.29, 0.717) is 12.2 Å². The van der Waals surface area contributed by atoms with E-state index in [0.717, 1.165) is 13.0 Å². The molecule has 0 aliphatic carbocycles. The minimum atomic E-state index is -0.656. The van der Waals surface area contributed by atoms with Crippen molar-refractivity contribution in [2.75, 3.05) is 18.0 Å². The Hall–Kier alpha value is -2.67. The Morgan fingerprint density at radius 2 is 2.17 bits per heavy atom. The molecular weight excluding hydrogens is 314 g/mol. The lowest BCUT2D eigenvalue weighted by atomic mass is 10.0. The summed E-state index contributed by atoms with van der Waals surface area (Å²) in [6.45, 7) is 1.38. The summed E-state index contributed by atoms with van der Waals surface area (Å²) in [5.74, 6) is -0.656. The number of carbonyl (C=O) groups is 1. The molecule has 1 aliphatic heterocycles. The molecule has 23 heavy (non-hydrogen) atoms. The van der Waals surface area contributed by atoms with E-state index in [1.807, 2.05) is 16.3 Å². The highest BCUT2D eigenvalue weighted by molar-refractivity contribution is 7.11. The third-order valence-electron chi connectivity index (χ3n) is 3.84. The van der Waals surface area contributed by atoms with Crippen LogP contribution in [0.25, 0.3) is 5.57 Å². The summed E-state index contributed by atoms with van der Waals surface area (Å²) in [5.41, 5.74) is 7.38. The summed E-state index contributed by atoms with van der Waals surface area (Å²) in [6.07, 6.45) is 2.98. The van der Waals surface area contributed by atoms with Gasteiger partial charge in [-0.3, -0.25) is 14.9 Å². The quantitative estimate of drug-likeness (QED) is 0.689. The molecule has 3 rings (SSSR count). The predicted molar refractivity (Wildman–Crippen MR) is 90.7 cm³/mol. The summed E-state index contributed by atoms with van der Waals surface area (Å²) in [5, 5.41) is 12.9. The van der Waals surface area contributed by atoms with Crippen molar-refractivity contribution in [3.05, 3.63) is 62.3 Å². The van der Waals surface area contributed by atoms with Gasteiger partial charge in [-0.1, -0.05) is 12.1 Å². The van der Waals surface area contributed by atoms with E-state index in [4.69, 9.17) is 5.73 Å². The van der Waals surface area contributed by atoms with E-state index in [-0.39, 0.29) is 11.3 Å². The van der Waals surface area contributed by atoms with Crippen LogP contribution in [0.1, 0.15) is 21.7 Å². The number of nitrogens with two attached hydrogens (primary N) is 1. The Morgan fingerprint density at radius 3 is 2.74 bits per heavy atom. The highest BCUT2D eigenvalue weighted by Gasteiger charge is 2.21. The van der Waals surface area contributed by atoms with Crippen LogP contribution in [-0.2, 0) is 0 Å². The van der Waals surface area contributed by atoms with E-state index in [1.165, 1.54) is 22.6 Å². The van der Waals surface area contributed by atoms with Crippen molar-refractivity contribution >= 4 is 34.2 Å². The van der Waals surface area contributed by atoms with E-state index in [1.54, 1.807) is 17.4 Å². The second-order valence-corrected chi connectivity index (χ2v) is 6.17. The number of non-ortho nitro benzene ring substituents is 1. The molecule has 7 heteroatoms. The van der Waals surface area contributed by atoms with E-state index in [2.05, 4.69) is 12.1 Å². The van der Waals surface area contributed by atoms with Crippen LogP contribution < -0.4 is 10.6 Å². The number of nitrogens with zero attached hydrogens (tertiary/aromatic N) is 2. The van der Waals surface area contributed by atoms with Crippen LogP contribution in [0.3, 0.4) is 0 Å². The number of rotatable bonds is 4. The van der Waals surface area contributed by atoms with Gasteiger partial charge in [-0.15, -0.1) is 11.3 Å². The first-order valence-electron chi connectivity index (χ1n) is 7.12. The Morgan fingerprint density at radius 1 is 1.35 bits per heavy atom. The van der Waals surface area contributed by atoms with Gasteiger partial charge in [-0.25, -0.2) is 0 Å². The van der Waals surface area contributed by atoms with Gasteiger partial charge >= 0.3 is 0 Å². The van der Waals surface area contributed by atoms with Crippen LogP contribution in [0.4, 0.5) is 11.4 Å². The zero-order chi connectivity index (χ0) is 16.4. The molecule has 1 aromatic carbocycles. The molecule has 118 valence electrons. The number of benzene rings is 1. The molecule has 0 fully saturated rings. The Balaban J connectivity index is 1.88. The fourth-order valence-corrected chi connectivity index (χ4v) is 3.48. The first kappa shape index (κ1) is 15.2. The van der Waals surface area contributed by atoms with E-state index in [9.17, 15) is 14.9 Å². The number of nitro benzene ring substituents is 1. The van der Waals surface area contributed by atoms with Gasteiger partial charge in [0.05, 0.1) is 16.2 Å². The first-order chi connectivity index (χ1) is 11.1. The van der Waals surface area contributed by atoms with Gasteiger partial charge in [0.1, 0.15) is 0 Å². The summed E-state index contributed by atoms with van der Waals surface area (Å²) >= 11 is 1.70. The van der Waals surface area contributed by atoms with E-state index >= 15 is 0 Å². The third kappa shape index (κ3) is 3.09. The average Bonchev–Trinajstić information content (AvgIpc) is 3.09. The van der Waals surface area contributed by atoms with Crippen LogP contribution in [-0.4, -0.2) is 23.9 Å². The maximum atomic E-state index is 11.6. The van der Waals surface area contributed by atoms with Gasteiger partial charge in [-0.05, 0) is 29.5 Å². The Kier molecular flexibility index (Phi) is 4.12. The van der Waals surface area contributed by atoms with E-state index < -0.39 is 10.8 Å². The molecule has 0 saturated carbocycles. The number of primary amides is 1. The van der Waals surface area contributed by atoms with Crippen molar-refractivity contribution in [3.8, 4) is 0 Å². The summed E-state index contributed by atoms with van der Waals surface area (Å²) in [7, 11) is 0. The minimum absolute atomic E-state index is 0.130. The van der Waals surface area contributed by atoms with Gasteiger partial charge in [0.25, 0.3) is 11.6 Å². The molecule has 0 bridgehead atoms. The highest BCUT2D eigenvalue weighted by atomic mass is 32.1. The Bertz CT molecular complexity index is 784. The largest absolute Gasteiger partial charge is 0.367 e. The molecule has 2 N–H and O–H groups in total. The maximum absolute atomic E-state index is 11.6. The lowest BCUT2D eigenvalue weighted by molar-refractivity contribution is -0.384. The van der Waals surface area contributed by atoms with Crippen LogP contribution in [0.15, 0.2) is 41.8 Å². The number of anilines is 1. The van der Waals surface area contributed by atoms with Crippen molar-refractivity contribution < 1.29 is 9.72 Å². The van der Waals surface area contributed by atoms with Crippen LogP contribution in [0.5, 0.6) is 0 Å². The second-order valence-electron chi connectivity index (χ2n) is 5.23. The van der Waals surface area contributed by atoms with Crippen LogP contribution in [0, 0.1) is 10.1 Å². The molecule has 0 radical (unpaired) electrons. The first-order valence-corrected chi connectivity index (χ1v) is 8.00. The fourth-order valence-electron chi connectivity index (χ4n) is 2.68. The number of thiophene rings is 1. The van der Waals surface area contributed by atoms with Crippen molar-refractivity contribution in [3.63, 3.8) is 0 Å². The van der Waals surface area contributed by atoms with Gasteiger partial charge in [0.15, 0.2) is 0 Å². The number of hydrogen-bond donors (Lipinski definition) is 1. The normalized spacial score (nSPS) is 14.4. The summed E-state index contributed by atoms with van der Waals surface area (Å²) < 4.78 is 0. The molecular formula is C16H15N3O3S. The number of hydrogen-bond acceptors (Lipinski definition) is 5. The molecule has 6 nitrogen and oxygen atoms in total. The standard InChI is InChI=1S/C16H15N3O3S/c17-16(20)13-10-12(19(21)22)3-4-14(13)18-7-5-11(6-8-18)15-2-1-9-23-15/h1-5,9-10H,6-8H2,(H2,17,20). The molecule has 0 unspecified atom stereocenters. The average molecular weight is 329 g/mol. The fraction of sp³-hybridized carbons (Fsp3) is 0.188. The van der Waals surface area contributed by atoms with Crippen molar-refractivity contribution in [2.24, 2.45) is 5.73 Å². The van der Waals surface area contributed by atoms with Gasteiger partial charge < -0.3 is 10.6 Å². The molecule has 0 saturated heterocycles. The zero-order valence-corrected chi connectivity index (χ0v) is 13.1. The van der Waals surface area contributed by atoms with Crippen molar-refractivity contribution in [1.82, 2.24) is 0 Å². The molecule has 2 aromatic rings. The number of carbonyl (C=O) groups excluding carboxylic acids is 1. The predicted octanol–water partition coefficient (Wildman–Crippen LogP) is 3.05.